The van der Waals surface area contributed by atoms with E-state index >= 15 is 0 Å². The summed E-state index contributed by atoms with van der Waals surface area (Å²) in [6.45, 7) is 1.90. The van der Waals surface area contributed by atoms with E-state index in [9.17, 15) is 9.59 Å². The van der Waals surface area contributed by atoms with Gasteiger partial charge in [0.1, 0.15) is 6.10 Å². The van der Waals surface area contributed by atoms with Crippen LogP contribution in [0, 0.1) is 0 Å². The molecule has 1 heterocycles. The maximum atomic E-state index is 13.7. The van der Waals surface area contributed by atoms with Crippen LogP contribution in [0.15, 0.2) is 77.1 Å². The van der Waals surface area contributed by atoms with Gasteiger partial charge in [0, 0.05) is 34.3 Å². The van der Waals surface area contributed by atoms with Crippen LogP contribution in [0.4, 0.5) is 0 Å². The number of ether oxygens (including phenoxy) is 1. The number of benzene rings is 2. The zero-order valence-electron chi connectivity index (χ0n) is 19.5. The van der Waals surface area contributed by atoms with Crippen molar-refractivity contribution in [2.75, 3.05) is 0 Å². The molecule has 0 amide bonds. The number of halogens is 1. The van der Waals surface area contributed by atoms with Gasteiger partial charge in [-0.2, -0.15) is 0 Å². The molecule has 1 aliphatic heterocycles. The van der Waals surface area contributed by atoms with Crippen LogP contribution in [-0.2, 0) is 14.3 Å². The van der Waals surface area contributed by atoms with E-state index in [0.717, 1.165) is 48.2 Å². The minimum Gasteiger partial charge on any atom is -0.459 e. The normalized spacial score (nSPS) is 23.4. The lowest BCUT2D eigenvalue weighted by atomic mass is 9.71. The van der Waals surface area contributed by atoms with Crippen LogP contribution in [-0.4, -0.2) is 17.9 Å². The van der Waals surface area contributed by atoms with Gasteiger partial charge in [0.25, 0.3) is 0 Å². The fourth-order valence-corrected chi connectivity index (χ4v) is 5.93. The van der Waals surface area contributed by atoms with Gasteiger partial charge in [0.15, 0.2) is 5.78 Å². The fraction of sp³-hybridized carbons (Fsp3) is 0.379. The average Bonchev–Trinajstić information content (AvgIpc) is 2.84. The second-order valence-electron chi connectivity index (χ2n) is 9.61. The molecule has 5 heteroatoms. The van der Waals surface area contributed by atoms with E-state index in [4.69, 9.17) is 16.3 Å². The first kappa shape index (κ1) is 22.9. The molecule has 1 fully saturated rings. The summed E-state index contributed by atoms with van der Waals surface area (Å²) in [4.78, 5) is 27.2. The maximum absolute atomic E-state index is 13.7. The van der Waals surface area contributed by atoms with Gasteiger partial charge in [-0.3, -0.25) is 4.79 Å². The van der Waals surface area contributed by atoms with Gasteiger partial charge in [-0.1, -0.05) is 66.6 Å². The highest BCUT2D eigenvalue weighted by molar-refractivity contribution is 6.31. The Hall–Kier alpha value is -2.85. The molecule has 0 unspecified atom stereocenters. The number of hydrogen-bond donors (Lipinski definition) is 1. The van der Waals surface area contributed by atoms with E-state index in [1.807, 2.05) is 49.4 Å². The fourth-order valence-electron chi connectivity index (χ4n) is 5.69. The minimum atomic E-state index is -0.523. The number of carbonyl (C=O) groups excluding carboxylic acids is 2. The van der Waals surface area contributed by atoms with E-state index < -0.39 is 5.92 Å². The van der Waals surface area contributed by atoms with Crippen LogP contribution in [0.2, 0.25) is 5.02 Å². The molecule has 0 saturated heterocycles. The largest absolute Gasteiger partial charge is 0.459 e. The number of dihydropyridines is 1. The number of rotatable bonds is 4. The highest BCUT2D eigenvalue weighted by Crippen LogP contribution is 2.47. The van der Waals surface area contributed by atoms with Crippen molar-refractivity contribution in [2.24, 2.45) is 0 Å². The van der Waals surface area contributed by atoms with E-state index in [0.29, 0.717) is 29.0 Å². The van der Waals surface area contributed by atoms with E-state index in [1.165, 1.54) is 6.42 Å². The second kappa shape index (κ2) is 9.79. The molecular weight excluding hydrogens is 446 g/mol. The Labute approximate surface area is 206 Å². The Bertz CT molecular complexity index is 1160. The number of allylic oxidation sites excluding steroid dienone is 3. The number of Topliss-reactive ketones (excluding diaryl/α,β-unsaturated/α-hetero) is 1. The lowest BCUT2D eigenvalue weighted by Crippen LogP contribution is -2.37. The molecule has 3 aliphatic rings. The minimum absolute atomic E-state index is 0.0583. The van der Waals surface area contributed by atoms with Crippen LogP contribution >= 0.6 is 11.6 Å². The third-order valence-corrected chi connectivity index (χ3v) is 7.70. The number of carbonyl (C=O) groups is 2. The quantitative estimate of drug-likeness (QED) is 0.507. The van der Waals surface area contributed by atoms with E-state index in [-0.39, 0.29) is 23.8 Å². The van der Waals surface area contributed by atoms with Gasteiger partial charge in [-0.15, -0.1) is 0 Å². The predicted octanol–water partition coefficient (Wildman–Crippen LogP) is 6.58. The monoisotopic (exact) mass is 475 g/mol. The second-order valence-corrected chi connectivity index (χ2v) is 10.0. The maximum Gasteiger partial charge on any atom is 0.337 e. The Balaban J connectivity index is 1.54. The number of esters is 1. The van der Waals surface area contributed by atoms with Gasteiger partial charge in [0.2, 0.25) is 0 Å². The molecular formula is C29H30ClNO3. The SMILES string of the molecule is CC1=C(C(=O)OC2CCCCC2)[C@H](c2ccccc2Cl)C2=C(C[C@@H](c3ccccc3)CC2=O)N1. The van der Waals surface area contributed by atoms with Gasteiger partial charge >= 0.3 is 5.97 Å². The lowest BCUT2D eigenvalue weighted by Gasteiger charge is -2.37. The molecule has 5 rings (SSSR count). The average molecular weight is 476 g/mol. The predicted molar refractivity (Wildman–Crippen MR) is 133 cm³/mol. The van der Waals surface area contributed by atoms with Crippen LogP contribution < -0.4 is 5.32 Å². The van der Waals surface area contributed by atoms with Crippen LogP contribution in [0.5, 0.6) is 0 Å². The van der Waals surface area contributed by atoms with Crippen molar-refractivity contribution in [1.29, 1.82) is 0 Å². The summed E-state index contributed by atoms with van der Waals surface area (Å²) < 4.78 is 5.98. The Morgan fingerprint density at radius 1 is 0.971 bits per heavy atom. The summed E-state index contributed by atoms with van der Waals surface area (Å²) in [6, 6.07) is 17.7. The smallest absolute Gasteiger partial charge is 0.337 e. The molecule has 4 nitrogen and oxygen atoms in total. The van der Waals surface area contributed by atoms with Crippen molar-refractivity contribution < 1.29 is 14.3 Å². The van der Waals surface area contributed by atoms with Crippen molar-refractivity contribution in [3.8, 4) is 0 Å². The summed E-state index contributed by atoms with van der Waals surface area (Å²) in [6.07, 6.45) is 6.21. The number of nitrogens with one attached hydrogen (secondary N) is 1. The number of ketones is 1. The molecule has 2 atom stereocenters. The Kier molecular flexibility index (Phi) is 6.60. The highest BCUT2D eigenvalue weighted by atomic mass is 35.5. The summed E-state index contributed by atoms with van der Waals surface area (Å²) in [5.74, 6) is -0.699. The van der Waals surface area contributed by atoms with Gasteiger partial charge in [0.05, 0.1) is 5.57 Å². The molecule has 0 spiro atoms. The Morgan fingerprint density at radius 2 is 1.68 bits per heavy atom. The van der Waals surface area contributed by atoms with Gasteiger partial charge in [-0.25, -0.2) is 4.79 Å². The van der Waals surface area contributed by atoms with Crippen LogP contribution in [0.25, 0.3) is 0 Å². The third-order valence-electron chi connectivity index (χ3n) is 7.36. The topological polar surface area (TPSA) is 55.4 Å². The summed E-state index contributed by atoms with van der Waals surface area (Å²) in [7, 11) is 0. The molecule has 2 aromatic rings. The molecule has 34 heavy (non-hydrogen) atoms. The molecule has 1 N–H and O–H groups in total. The van der Waals surface area contributed by atoms with Gasteiger partial charge < -0.3 is 10.1 Å². The summed E-state index contributed by atoms with van der Waals surface area (Å²) >= 11 is 6.64. The van der Waals surface area contributed by atoms with Crippen molar-refractivity contribution in [3.05, 3.63) is 93.3 Å². The van der Waals surface area contributed by atoms with Crippen molar-refractivity contribution in [1.82, 2.24) is 5.32 Å². The lowest BCUT2D eigenvalue weighted by molar-refractivity contribution is -0.146. The third kappa shape index (κ3) is 4.44. The first-order chi connectivity index (χ1) is 16.5. The first-order valence-electron chi connectivity index (χ1n) is 12.3. The highest BCUT2D eigenvalue weighted by Gasteiger charge is 2.42. The van der Waals surface area contributed by atoms with Crippen molar-refractivity contribution in [2.45, 2.75) is 69.8 Å². The van der Waals surface area contributed by atoms with Crippen LogP contribution in [0.1, 0.15) is 74.8 Å². The van der Waals surface area contributed by atoms with Crippen molar-refractivity contribution in [3.63, 3.8) is 0 Å². The molecule has 2 aliphatic carbocycles. The van der Waals surface area contributed by atoms with Gasteiger partial charge in [-0.05, 0) is 62.1 Å². The summed E-state index contributed by atoms with van der Waals surface area (Å²) in [5, 5.41) is 3.98. The molecule has 1 saturated carbocycles. The van der Waals surface area contributed by atoms with Crippen molar-refractivity contribution >= 4 is 23.4 Å². The molecule has 0 bridgehead atoms. The zero-order chi connectivity index (χ0) is 23.7. The molecule has 0 radical (unpaired) electrons. The Morgan fingerprint density at radius 3 is 2.41 bits per heavy atom. The standard InChI is InChI=1S/C29H30ClNO3/c1-18-26(29(33)34-21-12-6-3-7-13-21)27(22-14-8-9-15-23(22)30)28-24(31-18)16-20(17-25(28)32)19-10-4-2-5-11-19/h2,4-5,8-11,14-15,20-21,27,31H,3,6-7,12-13,16-17H2,1H3/t20-,27+/m1/s1. The molecule has 2 aromatic carbocycles. The zero-order valence-corrected chi connectivity index (χ0v) is 20.2. The molecule has 176 valence electrons. The molecule has 0 aromatic heterocycles. The van der Waals surface area contributed by atoms with Crippen LogP contribution in [0.3, 0.4) is 0 Å². The first-order valence-corrected chi connectivity index (χ1v) is 12.6. The van der Waals surface area contributed by atoms with E-state index in [2.05, 4.69) is 17.4 Å². The van der Waals surface area contributed by atoms with E-state index in [1.54, 1.807) is 0 Å². The summed E-state index contributed by atoms with van der Waals surface area (Å²) in [5.41, 5.74) is 4.72. The number of hydrogen-bond acceptors (Lipinski definition) is 4.